The minimum absolute atomic E-state index is 0.248. The Bertz CT molecular complexity index is 369. The number of aldehydes is 1. The van der Waals surface area contributed by atoms with E-state index < -0.39 is 0 Å². The fourth-order valence-electron chi connectivity index (χ4n) is 2.24. The lowest BCUT2D eigenvalue weighted by Gasteiger charge is -2.32. The molecule has 0 aliphatic heterocycles. The first-order chi connectivity index (χ1) is 7.22. The topological polar surface area (TPSA) is 17.1 Å². The lowest BCUT2D eigenvalue weighted by Crippen LogP contribution is -2.19. The third-order valence-electron chi connectivity index (χ3n) is 3.52. The second kappa shape index (κ2) is 4.13. The van der Waals surface area contributed by atoms with Crippen LogP contribution in [0.25, 0.3) is 0 Å². The number of hydrogen-bond acceptors (Lipinski definition) is 1. The molecular formula is C13H15FO. The van der Waals surface area contributed by atoms with Crippen LogP contribution in [0.3, 0.4) is 0 Å². The fraction of sp³-hybridized carbons (Fsp3) is 0.462. The number of rotatable bonds is 3. The van der Waals surface area contributed by atoms with Crippen LogP contribution in [0.2, 0.25) is 0 Å². The van der Waals surface area contributed by atoms with E-state index in [0.717, 1.165) is 11.8 Å². The lowest BCUT2D eigenvalue weighted by molar-refractivity contribution is 0.112. The van der Waals surface area contributed by atoms with Crippen molar-refractivity contribution in [1.29, 1.82) is 0 Å². The van der Waals surface area contributed by atoms with Gasteiger partial charge in [-0.3, -0.25) is 4.79 Å². The van der Waals surface area contributed by atoms with Crippen molar-refractivity contribution in [3.8, 4) is 0 Å². The zero-order valence-electron chi connectivity index (χ0n) is 8.87. The van der Waals surface area contributed by atoms with E-state index in [0.29, 0.717) is 17.4 Å². The molecule has 0 heterocycles. The predicted molar refractivity (Wildman–Crippen MR) is 57.5 cm³/mol. The summed E-state index contributed by atoms with van der Waals surface area (Å²) in [6.45, 7) is 2.09. The van der Waals surface area contributed by atoms with E-state index in [4.69, 9.17) is 0 Å². The van der Waals surface area contributed by atoms with Crippen LogP contribution in [-0.4, -0.2) is 6.29 Å². The molecule has 0 aromatic heterocycles. The van der Waals surface area contributed by atoms with E-state index in [2.05, 4.69) is 6.92 Å². The molecule has 1 unspecified atom stereocenters. The van der Waals surface area contributed by atoms with Gasteiger partial charge in [-0.15, -0.1) is 0 Å². The van der Waals surface area contributed by atoms with Crippen LogP contribution in [0.5, 0.6) is 0 Å². The molecule has 80 valence electrons. The van der Waals surface area contributed by atoms with Crippen LogP contribution in [0.1, 0.15) is 48.0 Å². The minimum Gasteiger partial charge on any atom is -0.298 e. The first kappa shape index (κ1) is 10.3. The first-order valence-electron chi connectivity index (χ1n) is 5.47. The van der Waals surface area contributed by atoms with Gasteiger partial charge in [-0.05, 0) is 48.4 Å². The van der Waals surface area contributed by atoms with Crippen LogP contribution in [0.15, 0.2) is 18.2 Å². The largest absolute Gasteiger partial charge is 0.298 e. The molecule has 0 saturated heterocycles. The molecule has 1 aromatic carbocycles. The van der Waals surface area contributed by atoms with Gasteiger partial charge in [0, 0.05) is 5.56 Å². The summed E-state index contributed by atoms with van der Waals surface area (Å²) in [4.78, 5) is 10.8. The second-order valence-corrected chi connectivity index (χ2v) is 4.37. The van der Waals surface area contributed by atoms with E-state index in [1.165, 1.54) is 31.4 Å². The molecule has 15 heavy (non-hydrogen) atoms. The third-order valence-corrected chi connectivity index (χ3v) is 3.52. The molecule has 1 saturated carbocycles. The fourth-order valence-corrected chi connectivity index (χ4v) is 2.24. The van der Waals surface area contributed by atoms with E-state index in [1.807, 2.05) is 0 Å². The molecule has 1 aliphatic carbocycles. The van der Waals surface area contributed by atoms with Crippen LogP contribution < -0.4 is 0 Å². The number of halogens is 1. The molecular weight excluding hydrogens is 191 g/mol. The standard InChI is InChI=1S/C13H15FO/c1-9(10-3-2-4-10)13-7-12(14)6-5-11(13)8-15/h5-10H,2-4H2,1H3. The summed E-state index contributed by atoms with van der Waals surface area (Å²) >= 11 is 0. The highest BCUT2D eigenvalue weighted by Gasteiger charge is 2.26. The van der Waals surface area contributed by atoms with Crippen molar-refractivity contribution < 1.29 is 9.18 Å². The Morgan fingerprint density at radius 2 is 2.20 bits per heavy atom. The molecule has 2 heteroatoms. The van der Waals surface area contributed by atoms with Gasteiger partial charge in [0.05, 0.1) is 0 Å². The van der Waals surface area contributed by atoms with Crippen molar-refractivity contribution in [2.45, 2.75) is 32.1 Å². The van der Waals surface area contributed by atoms with Crippen LogP contribution in [0, 0.1) is 11.7 Å². The SMILES string of the molecule is CC(c1cc(F)ccc1C=O)C1CCC1. The molecule has 0 amide bonds. The maximum Gasteiger partial charge on any atom is 0.150 e. The normalized spacial score (nSPS) is 18.3. The summed E-state index contributed by atoms with van der Waals surface area (Å²) in [5, 5.41) is 0. The van der Waals surface area contributed by atoms with Gasteiger partial charge >= 0.3 is 0 Å². The van der Waals surface area contributed by atoms with Gasteiger partial charge in [-0.25, -0.2) is 4.39 Å². The van der Waals surface area contributed by atoms with Crippen molar-refractivity contribution in [1.82, 2.24) is 0 Å². The predicted octanol–water partition coefficient (Wildman–Crippen LogP) is 3.54. The average Bonchev–Trinajstić information content (AvgIpc) is 2.15. The van der Waals surface area contributed by atoms with Crippen LogP contribution in [0.4, 0.5) is 4.39 Å². The highest BCUT2D eigenvalue weighted by Crippen LogP contribution is 2.39. The molecule has 1 aliphatic rings. The summed E-state index contributed by atoms with van der Waals surface area (Å²) in [6.07, 6.45) is 4.50. The molecule has 0 spiro atoms. The van der Waals surface area contributed by atoms with Gasteiger partial charge in [-0.1, -0.05) is 13.3 Å². The third kappa shape index (κ3) is 1.94. The molecule has 2 rings (SSSR count). The van der Waals surface area contributed by atoms with Crippen molar-refractivity contribution in [2.75, 3.05) is 0 Å². The van der Waals surface area contributed by atoms with Crippen LogP contribution >= 0.6 is 0 Å². The average molecular weight is 206 g/mol. The number of hydrogen-bond donors (Lipinski definition) is 0. The van der Waals surface area contributed by atoms with E-state index in [9.17, 15) is 9.18 Å². The highest BCUT2D eigenvalue weighted by atomic mass is 19.1. The minimum atomic E-state index is -0.248. The molecule has 1 aromatic rings. The highest BCUT2D eigenvalue weighted by molar-refractivity contribution is 5.77. The summed E-state index contributed by atoms with van der Waals surface area (Å²) in [5.41, 5.74) is 1.51. The summed E-state index contributed by atoms with van der Waals surface area (Å²) in [7, 11) is 0. The molecule has 1 nitrogen and oxygen atoms in total. The number of carbonyl (C=O) groups excluding carboxylic acids is 1. The van der Waals surface area contributed by atoms with Crippen LogP contribution in [-0.2, 0) is 0 Å². The first-order valence-corrected chi connectivity index (χ1v) is 5.47. The Labute approximate surface area is 89.3 Å². The number of carbonyl (C=O) groups is 1. The smallest absolute Gasteiger partial charge is 0.150 e. The van der Waals surface area contributed by atoms with Gasteiger partial charge < -0.3 is 0 Å². The van der Waals surface area contributed by atoms with E-state index in [-0.39, 0.29) is 5.82 Å². The lowest BCUT2D eigenvalue weighted by atomic mass is 9.73. The molecule has 0 bridgehead atoms. The maximum atomic E-state index is 13.1. The van der Waals surface area contributed by atoms with Crippen molar-refractivity contribution in [3.05, 3.63) is 35.1 Å². The van der Waals surface area contributed by atoms with Crippen molar-refractivity contribution in [2.24, 2.45) is 5.92 Å². The zero-order chi connectivity index (χ0) is 10.8. The van der Waals surface area contributed by atoms with Gasteiger partial charge in [0.1, 0.15) is 12.1 Å². The summed E-state index contributed by atoms with van der Waals surface area (Å²) in [6, 6.07) is 4.43. The summed E-state index contributed by atoms with van der Waals surface area (Å²) < 4.78 is 13.1. The molecule has 1 fully saturated rings. The number of benzene rings is 1. The Morgan fingerprint density at radius 1 is 1.47 bits per heavy atom. The van der Waals surface area contributed by atoms with Crippen molar-refractivity contribution >= 4 is 6.29 Å². The Morgan fingerprint density at radius 3 is 2.73 bits per heavy atom. The van der Waals surface area contributed by atoms with Gasteiger partial charge in [0.15, 0.2) is 0 Å². The van der Waals surface area contributed by atoms with Gasteiger partial charge in [0.25, 0.3) is 0 Å². The quantitative estimate of drug-likeness (QED) is 0.691. The molecule has 1 atom stereocenters. The van der Waals surface area contributed by atoms with E-state index in [1.54, 1.807) is 6.07 Å². The maximum absolute atomic E-state index is 13.1. The zero-order valence-corrected chi connectivity index (χ0v) is 8.87. The second-order valence-electron chi connectivity index (χ2n) is 4.37. The van der Waals surface area contributed by atoms with Crippen molar-refractivity contribution in [3.63, 3.8) is 0 Å². The summed E-state index contributed by atoms with van der Waals surface area (Å²) in [5.74, 6) is 0.682. The Hall–Kier alpha value is -1.18. The van der Waals surface area contributed by atoms with Gasteiger partial charge in [-0.2, -0.15) is 0 Å². The van der Waals surface area contributed by atoms with E-state index >= 15 is 0 Å². The molecule has 0 radical (unpaired) electrons. The molecule has 0 N–H and O–H groups in total. The monoisotopic (exact) mass is 206 g/mol. The Kier molecular flexibility index (Phi) is 2.85. The van der Waals surface area contributed by atoms with Gasteiger partial charge in [0.2, 0.25) is 0 Å². The Balaban J connectivity index is 2.31.